The molecule has 3 heteroatoms. The van der Waals surface area contributed by atoms with Crippen LogP contribution >= 0.6 is 0 Å². The number of hydrogen-bond donors (Lipinski definition) is 0. The van der Waals surface area contributed by atoms with Crippen LogP contribution in [0.25, 0.3) is 65.3 Å². The molecule has 0 atom stereocenters. The van der Waals surface area contributed by atoms with Gasteiger partial charge in [-0.2, -0.15) is 0 Å². The predicted octanol–water partition coefficient (Wildman–Crippen LogP) is 9.95. The summed E-state index contributed by atoms with van der Waals surface area (Å²) in [4.78, 5) is 0. The Labute approximate surface area is 373 Å². The van der Waals surface area contributed by atoms with Gasteiger partial charge >= 0.3 is 25.8 Å². The number of hydrogen-bond acceptors (Lipinski definition) is 0. The second-order valence-corrected chi connectivity index (χ2v) is 19.7. The van der Waals surface area contributed by atoms with Gasteiger partial charge in [0.05, 0.1) is 0 Å². The van der Waals surface area contributed by atoms with Gasteiger partial charge in [-0.25, -0.2) is 0 Å². The van der Waals surface area contributed by atoms with Crippen molar-refractivity contribution >= 4 is 43.1 Å². The van der Waals surface area contributed by atoms with Gasteiger partial charge in [0.1, 0.15) is 0 Å². The van der Waals surface area contributed by atoms with Crippen LogP contribution in [0.1, 0.15) is 105 Å². The SMILES string of the molecule is CC(C)(C)c1cc(-c2cc3cc4ccccc4cc3[cH-]2)cc(C(C)(C)C)c1.CC(C)(C)c1cc(-c2cc3cc4ccccc4cc3[cH-]2)cc(C(C)(C)C)c1.[Cl-].[Cl-].[Hf+4]. The fourth-order valence-corrected chi connectivity index (χ4v) is 7.46. The topological polar surface area (TPSA) is 0 Å². The molecule has 57 heavy (non-hydrogen) atoms. The Balaban J connectivity index is 0.000000240. The summed E-state index contributed by atoms with van der Waals surface area (Å²) in [6.45, 7) is 27.6. The molecule has 0 heterocycles. The minimum Gasteiger partial charge on any atom is -1.00 e. The van der Waals surface area contributed by atoms with Crippen molar-refractivity contribution in [3.05, 3.63) is 156 Å². The van der Waals surface area contributed by atoms with Gasteiger partial charge < -0.3 is 24.8 Å². The van der Waals surface area contributed by atoms with Crippen LogP contribution in [0.2, 0.25) is 0 Å². The molecule has 0 aliphatic heterocycles. The van der Waals surface area contributed by atoms with Crippen LogP contribution in [0.3, 0.4) is 0 Å². The minimum absolute atomic E-state index is 0. The van der Waals surface area contributed by atoms with Crippen LogP contribution in [-0.2, 0) is 47.5 Å². The van der Waals surface area contributed by atoms with Gasteiger partial charge in [-0.05, 0) is 54.7 Å². The minimum atomic E-state index is 0. The molecule has 0 aliphatic carbocycles. The molecule has 0 radical (unpaired) electrons. The first-order valence-electron chi connectivity index (χ1n) is 19.7. The number of benzene rings is 6. The maximum atomic E-state index is 2.39. The Morgan fingerprint density at radius 2 is 0.579 bits per heavy atom. The Morgan fingerprint density at radius 1 is 0.316 bits per heavy atom. The maximum absolute atomic E-state index is 2.39. The first-order chi connectivity index (χ1) is 25.2. The molecule has 8 aromatic rings. The van der Waals surface area contributed by atoms with Crippen LogP contribution in [0.15, 0.2) is 133 Å². The molecule has 0 spiro atoms. The Bertz CT molecular complexity index is 2280. The molecule has 8 rings (SSSR count). The molecule has 8 aromatic carbocycles. The zero-order valence-electron chi connectivity index (χ0n) is 36.0. The fraction of sp³-hybridized carbons (Fsp3) is 0.296. The standard InChI is InChI=1S/2C27H29.2ClH.Hf/c2*1-26(2,3)24-15-23(16-25(17-24)27(4,5)6)22-13-20-11-18-9-7-8-10-19(18)12-21(20)14-22;;;/h2*7-17H,1-6H3;2*1H;/q2*-1;;;+4/p-2. The molecular formula is C54H58Cl2Hf. The second kappa shape index (κ2) is 17.0. The van der Waals surface area contributed by atoms with E-state index in [1.807, 2.05) is 0 Å². The molecule has 0 unspecified atom stereocenters. The maximum Gasteiger partial charge on any atom is 4.00 e. The third kappa shape index (κ3) is 10.2. The van der Waals surface area contributed by atoms with Crippen molar-refractivity contribution in [3.63, 3.8) is 0 Å². The first kappa shape index (κ1) is 46.2. The molecule has 0 amide bonds. The normalized spacial score (nSPS) is 12.1. The number of rotatable bonds is 2. The van der Waals surface area contributed by atoms with Crippen molar-refractivity contribution in [2.75, 3.05) is 0 Å². The van der Waals surface area contributed by atoms with Crippen molar-refractivity contribution in [2.45, 2.75) is 105 Å². The molecule has 0 saturated carbocycles. The van der Waals surface area contributed by atoms with Gasteiger partial charge in [-0.15, -0.1) is 69.1 Å². The van der Waals surface area contributed by atoms with Gasteiger partial charge in [0.25, 0.3) is 0 Å². The second-order valence-electron chi connectivity index (χ2n) is 19.7. The molecule has 0 bridgehead atoms. The fourth-order valence-electron chi connectivity index (χ4n) is 7.46. The van der Waals surface area contributed by atoms with Gasteiger partial charge in [0.15, 0.2) is 0 Å². The van der Waals surface area contributed by atoms with E-state index < -0.39 is 0 Å². The van der Waals surface area contributed by atoms with Gasteiger partial charge in [0.2, 0.25) is 0 Å². The number of fused-ring (bicyclic) bond motifs is 4. The quantitative estimate of drug-likeness (QED) is 0.120. The summed E-state index contributed by atoms with van der Waals surface area (Å²) in [5.74, 6) is 0. The van der Waals surface area contributed by atoms with E-state index in [-0.39, 0.29) is 72.3 Å². The van der Waals surface area contributed by atoms with Crippen molar-refractivity contribution in [2.24, 2.45) is 0 Å². The monoisotopic (exact) mass is 956 g/mol. The average molecular weight is 956 g/mol. The Hall–Kier alpha value is -3.49. The van der Waals surface area contributed by atoms with E-state index in [9.17, 15) is 0 Å². The summed E-state index contributed by atoms with van der Waals surface area (Å²) in [6, 6.07) is 50.1. The molecule has 0 nitrogen and oxygen atoms in total. The van der Waals surface area contributed by atoms with E-state index in [4.69, 9.17) is 0 Å². The van der Waals surface area contributed by atoms with E-state index in [0.717, 1.165) is 0 Å². The van der Waals surface area contributed by atoms with Crippen LogP contribution in [-0.4, -0.2) is 0 Å². The van der Waals surface area contributed by atoms with E-state index in [2.05, 4.69) is 217 Å². The van der Waals surface area contributed by atoms with Crippen molar-refractivity contribution in [1.82, 2.24) is 0 Å². The number of halogens is 2. The molecule has 0 N–H and O–H groups in total. The van der Waals surface area contributed by atoms with Crippen LogP contribution in [0.5, 0.6) is 0 Å². The van der Waals surface area contributed by atoms with E-state index >= 15 is 0 Å². The van der Waals surface area contributed by atoms with Crippen LogP contribution in [0, 0.1) is 0 Å². The first-order valence-corrected chi connectivity index (χ1v) is 19.7. The Kier molecular flexibility index (Phi) is 13.8. The molecule has 292 valence electrons. The van der Waals surface area contributed by atoms with E-state index in [1.165, 1.54) is 87.6 Å². The molecular weight excluding hydrogens is 898 g/mol. The summed E-state index contributed by atoms with van der Waals surface area (Å²) in [7, 11) is 0. The summed E-state index contributed by atoms with van der Waals surface area (Å²) in [5.41, 5.74) is 11.4. The van der Waals surface area contributed by atoms with Gasteiger partial charge in [0, 0.05) is 0 Å². The summed E-state index contributed by atoms with van der Waals surface area (Å²) in [6.07, 6.45) is 0. The van der Waals surface area contributed by atoms with E-state index in [1.54, 1.807) is 0 Å². The zero-order valence-corrected chi connectivity index (χ0v) is 41.1. The molecule has 0 aliphatic rings. The average Bonchev–Trinajstić information content (AvgIpc) is 3.71. The van der Waals surface area contributed by atoms with E-state index in [0.29, 0.717) is 0 Å². The zero-order chi connectivity index (χ0) is 38.8. The summed E-state index contributed by atoms with van der Waals surface area (Å²) in [5, 5.41) is 10.5. The third-order valence-corrected chi connectivity index (χ3v) is 11.1. The molecule has 0 fully saturated rings. The van der Waals surface area contributed by atoms with Crippen molar-refractivity contribution < 1.29 is 50.7 Å². The van der Waals surface area contributed by atoms with Crippen LogP contribution in [0.4, 0.5) is 0 Å². The largest absolute Gasteiger partial charge is 4.00 e. The van der Waals surface area contributed by atoms with Gasteiger partial charge in [-0.3, -0.25) is 0 Å². The van der Waals surface area contributed by atoms with Gasteiger partial charge in [-0.1, -0.05) is 202 Å². The predicted molar refractivity (Wildman–Crippen MR) is 240 cm³/mol. The van der Waals surface area contributed by atoms with Crippen molar-refractivity contribution in [3.8, 4) is 22.3 Å². The third-order valence-electron chi connectivity index (χ3n) is 11.1. The van der Waals surface area contributed by atoms with Crippen molar-refractivity contribution in [1.29, 1.82) is 0 Å². The molecule has 0 aromatic heterocycles. The Morgan fingerprint density at radius 3 is 0.842 bits per heavy atom. The van der Waals surface area contributed by atoms with Crippen LogP contribution < -0.4 is 24.8 Å². The molecule has 0 saturated heterocycles. The smallest absolute Gasteiger partial charge is 1.00 e. The summed E-state index contributed by atoms with van der Waals surface area (Å²) < 4.78 is 0. The summed E-state index contributed by atoms with van der Waals surface area (Å²) >= 11 is 0.